The summed E-state index contributed by atoms with van der Waals surface area (Å²) in [5, 5.41) is 0. The first kappa shape index (κ1) is 18.0. The molecule has 144 valence electrons. The van der Waals surface area contributed by atoms with Gasteiger partial charge in [-0.1, -0.05) is 31.0 Å². The number of nitrogens with zero attached hydrogens (tertiary/aromatic N) is 3. The normalized spacial score (nSPS) is 25.3. The zero-order valence-electron chi connectivity index (χ0n) is 15.9. The zero-order valence-corrected chi connectivity index (χ0v) is 15.9. The van der Waals surface area contributed by atoms with Crippen molar-refractivity contribution in [3.05, 3.63) is 29.8 Å². The van der Waals surface area contributed by atoms with E-state index in [0.29, 0.717) is 13.1 Å². The summed E-state index contributed by atoms with van der Waals surface area (Å²) in [6.07, 6.45) is 5.55. The van der Waals surface area contributed by atoms with Gasteiger partial charge in [0.1, 0.15) is 6.54 Å². The van der Waals surface area contributed by atoms with Crippen molar-refractivity contribution in [2.75, 3.05) is 24.5 Å². The van der Waals surface area contributed by atoms with Gasteiger partial charge in [-0.25, -0.2) is 4.79 Å². The second-order valence-corrected chi connectivity index (χ2v) is 7.73. The maximum absolute atomic E-state index is 13.2. The molecule has 1 aromatic rings. The summed E-state index contributed by atoms with van der Waals surface area (Å²) >= 11 is 0. The van der Waals surface area contributed by atoms with Crippen LogP contribution in [-0.2, 0) is 16.0 Å². The summed E-state index contributed by atoms with van der Waals surface area (Å²) in [4.78, 5) is 43.6. The van der Waals surface area contributed by atoms with Crippen molar-refractivity contribution in [1.29, 1.82) is 0 Å². The predicted octanol–water partition coefficient (Wildman–Crippen LogP) is 2.81. The van der Waals surface area contributed by atoms with Crippen LogP contribution in [0, 0.1) is 5.92 Å². The molecule has 1 saturated carbocycles. The molecule has 2 fully saturated rings. The van der Waals surface area contributed by atoms with Crippen molar-refractivity contribution < 1.29 is 14.4 Å². The van der Waals surface area contributed by atoms with Gasteiger partial charge in [-0.05, 0) is 44.2 Å². The van der Waals surface area contributed by atoms with Gasteiger partial charge in [0.05, 0.1) is 5.92 Å². The number of anilines is 1. The largest absolute Gasteiger partial charge is 0.327 e. The van der Waals surface area contributed by atoms with Crippen LogP contribution < -0.4 is 4.90 Å². The Balaban J connectivity index is 1.58. The third kappa shape index (κ3) is 3.11. The topological polar surface area (TPSA) is 60.9 Å². The Morgan fingerprint density at radius 3 is 2.70 bits per heavy atom. The highest BCUT2D eigenvalue weighted by Crippen LogP contribution is 2.35. The Morgan fingerprint density at radius 2 is 1.89 bits per heavy atom. The highest BCUT2D eigenvalue weighted by atomic mass is 16.2. The van der Waals surface area contributed by atoms with E-state index in [1.54, 1.807) is 4.90 Å². The quantitative estimate of drug-likeness (QED) is 0.823. The van der Waals surface area contributed by atoms with Crippen LogP contribution in [0.2, 0.25) is 0 Å². The highest BCUT2D eigenvalue weighted by molar-refractivity contribution is 6.02. The maximum atomic E-state index is 13.2. The molecule has 6 nitrogen and oxygen atoms in total. The molecule has 2 atom stereocenters. The number of carbonyl (C=O) groups is 3. The fraction of sp³-hybridized carbons (Fsp3) is 0.571. The van der Waals surface area contributed by atoms with Crippen LogP contribution in [0.4, 0.5) is 10.5 Å². The Morgan fingerprint density at radius 1 is 1.11 bits per heavy atom. The molecular formula is C21H27N3O3. The number of para-hydroxylation sites is 1. The van der Waals surface area contributed by atoms with Gasteiger partial charge in [-0.15, -0.1) is 0 Å². The van der Waals surface area contributed by atoms with Crippen molar-refractivity contribution in [3.63, 3.8) is 0 Å². The Labute approximate surface area is 160 Å². The Hall–Kier alpha value is -2.37. The van der Waals surface area contributed by atoms with E-state index >= 15 is 0 Å². The van der Waals surface area contributed by atoms with Crippen LogP contribution in [0.1, 0.15) is 44.6 Å². The number of urea groups is 1. The molecule has 0 N–H and O–H groups in total. The van der Waals surface area contributed by atoms with Crippen LogP contribution in [-0.4, -0.2) is 53.3 Å². The fourth-order valence-corrected chi connectivity index (χ4v) is 4.86. The molecule has 2 unspecified atom stereocenters. The van der Waals surface area contributed by atoms with Gasteiger partial charge in [-0.3, -0.25) is 14.5 Å². The molecule has 1 aliphatic carbocycles. The van der Waals surface area contributed by atoms with Crippen LogP contribution in [0.5, 0.6) is 0 Å². The lowest BCUT2D eigenvalue weighted by Crippen LogP contribution is -2.64. The van der Waals surface area contributed by atoms with Gasteiger partial charge in [-0.2, -0.15) is 0 Å². The SMILES string of the molecule is CCN1C(=O)C2CCCCC2N(CC(=O)N2CCCc3ccccc32)C1=O. The lowest BCUT2D eigenvalue weighted by Gasteiger charge is -2.46. The number of carbonyl (C=O) groups excluding carboxylic acids is 3. The third-order valence-corrected chi connectivity index (χ3v) is 6.22. The molecule has 27 heavy (non-hydrogen) atoms. The lowest BCUT2D eigenvalue weighted by molar-refractivity contribution is -0.141. The molecule has 0 aromatic heterocycles. The molecular weight excluding hydrogens is 342 g/mol. The number of fused-ring (bicyclic) bond motifs is 2. The number of rotatable bonds is 3. The van der Waals surface area contributed by atoms with Crippen LogP contribution in [0.15, 0.2) is 24.3 Å². The van der Waals surface area contributed by atoms with Crippen LogP contribution in [0.3, 0.4) is 0 Å². The molecule has 6 heteroatoms. The molecule has 1 saturated heterocycles. The second kappa shape index (κ2) is 7.33. The average molecular weight is 369 g/mol. The smallest absolute Gasteiger partial charge is 0.311 e. The fourth-order valence-electron chi connectivity index (χ4n) is 4.86. The van der Waals surface area contributed by atoms with E-state index in [-0.39, 0.29) is 36.3 Å². The molecule has 1 aromatic carbocycles. The Bertz CT molecular complexity index is 763. The van der Waals surface area contributed by atoms with Crippen molar-refractivity contribution in [1.82, 2.24) is 9.80 Å². The standard InChI is InChI=1S/C21H27N3O3/c1-2-22-20(26)16-10-4-6-12-18(16)24(21(22)27)14-19(25)23-13-7-9-15-8-3-5-11-17(15)23/h3,5,8,11,16,18H,2,4,6-7,9-10,12-14H2,1H3. The Kier molecular flexibility index (Phi) is 4.89. The summed E-state index contributed by atoms with van der Waals surface area (Å²) in [5.74, 6) is -0.262. The van der Waals surface area contributed by atoms with E-state index in [1.165, 1.54) is 10.5 Å². The molecule has 4 rings (SSSR count). The molecule has 4 amide bonds. The lowest BCUT2D eigenvalue weighted by atomic mass is 9.81. The number of hydrogen-bond acceptors (Lipinski definition) is 3. The van der Waals surface area contributed by atoms with E-state index in [0.717, 1.165) is 44.2 Å². The maximum Gasteiger partial charge on any atom is 0.327 e. The van der Waals surface area contributed by atoms with Gasteiger partial charge in [0.25, 0.3) is 0 Å². The number of benzene rings is 1. The molecule has 0 spiro atoms. The summed E-state index contributed by atoms with van der Waals surface area (Å²) in [5.41, 5.74) is 2.14. The summed E-state index contributed by atoms with van der Waals surface area (Å²) < 4.78 is 0. The molecule has 3 aliphatic rings. The number of aryl methyl sites for hydroxylation is 1. The second-order valence-electron chi connectivity index (χ2n) is 7.73. The van der Waals surface area contributed by atoms with Crippen molar-refractivity contribution in [2.24, 2.45) is 5.92 Å². The molecule has 0 radical (unpaired) electrons. The minimum atomic E-state index is -0.302. The van der Waals surface area contributed by atoms with Gasteiger partial charge in [0.15, 0.2) is 0 Å². The van der Waals surface area contributed by atoms with Crippen molar-refractivity contribution >= 4 is 23.5 Å². The van der Waals surface area contributed by atoms with E-state index in [4.69, 9.17) is 0 Å². The van der Waals surface area contributed by atoms with Gasteiger partial charge < -0.3 is 9.80 Å². The average Bonchev–Trinajstić information content (AvgIpc) is 2.71. The zero-order chi connectivity index (χ0) is 19.0. The number of amides is 4. The monoisotopic (exact) mass is 369 g/mol. The van der Waals surface area contributed by atoms with Gasteiger partial charge in [0, 0.05) is 24.8 Å². The highest BCUT2D eigenvalue weighted by Gasteiger charge is 2.47. The third-order valence-electron chi connectivity index (χ3n) is 6.22. The van der Waals surface area contributed by atoms with E-state index < -0.39 is 0 Å². The number of hydrogen-bond donors (Lipinski definition) is 0. The first-order chi connectivity index (χ1) is 13.1. The first-order valence-corrected chi connectivity index (χ1v) is 10.1. The van der Waals surface area contributed by atoms with Crippen molar-refractivity contribution in [2.45, 2.75) is 51.5 Å². The summed E-state index contributed by atoms with van der Waals surface area (Å²) in [6.45, 7) is 2.92. The minimum absolute atomic E-state index is 0.0507. The van der Waals surface area contributed by atoms with Crippen LogP contribution >= 0.6 is 0 Å². The number of imide groups is 1. The van der Waals surface area contributed by atoms with E-state index in [9.17, 15) is 14.4 Å². The van der Waals surface area contributed by atoms with E-state index in [2.05, 4.69) is 6.07 Å². The van der Waals surface area contributed by atoms with Gasteiger partial charge in [0.2, 0.25) is 11.8 Å². The predicted molar refractivity (Wildman–Crippen MR) is 102 cm³/mol. The molecule has 0 bridgehead atoms. The first-order valence-electron chi connectivity index (χ1n) is 10.1. The molecule has 2 aliphatic heterocycles. The minimum Gasteiger partial charge on any atom is -0.311 e. The van der Waals surface area contributed by atoms with Gasteiger partial charge >= 0.3 is 6.03 Å². The van der Waals surface area contributed by atoms with Crippen molar-refractivity contribution in [3.8, 4) is 0 Å². The molecule has 2 heterocycles. The van der Waals surface area contributed by atoms with Crippen LogP contribution in [0.25, 0.3) is 0 Å². The summed E-state index contributed by atoms with van der Waals surface area (Å²) in [7, 11) is 0. The van der Waals surface area contributed by atoms with E-state index in [1.807, 2.05) is 30.0 Å². The summed E-state index contributed by atoms with van der Waals surface area (Å²) in [6, 6.07) is 7.56.